The quantitative estimate of drug-likeness (QED) is 0.218. The fourth-order valence-electron chi connectivity index (χ4n) is 4.09. The molecule has 4 heterocycles. The van der Waals surface area contributed by atoms with Crippen molar-refractivity contribution in [1.82, 2.24) is 24.9 Å². The van der Waals surface area contributed by atoms with Crippen molar-refractivity contribution in [3.8, 4) is 44.9 Å². The molecule has 0 unspecified atom stereocenters. The van der Waals surface area contributed by atoms with Gasteiger partial charge in [-0.05, 0) is 23.3 Å². The largest absolute Gasteiger partial charge is 0.504 e. The fourth-order valence-corrected chi connectivity index (χ4v) is 4.09. The molecule has 0 amide bonds. The molecule has 0 bridgehead atoms. The predicted molar refractivity (Wildman–Crippen MR) is 146 cm³/mol. The summed E-state index contributed by atoms with van der Waals surface area (Å²) in [4.78, 5) is 21.9. The molecule has 0 saturated heterocycles. The number of nitrogens with zero attached hydrogens (tertiary/aromatic N) is 5. The number of benzene rings is 2. The van der Waals surface area contributed by atoms with Crippen molar-refractivity contribution in [2.45, 2.75) is 0 Å². The molecule has 0 radical (unpaired) electrons. The molecule has 184 valence electrons. The minimum Gasteiger partial charge on any atom is -0.504 e. The molecule has 0 aliphatic carbocycles. The monoisotopic (exact) mass is 499 g/mol. The molecule has 4 N–H and O–H groups in total. The van der Waals surface area contributed by atoms with Gasteiger partial charge in [0.05, 0.1) is 0 Å². The van der Waals surface area contributed by atoms with Gasteiger partial charge in [0.25, 0.3) is 0 Å². The number of hydrogen-bond donors (Lipinski definition) is 4. The first kappa shape index (κ1) is 22.9. The van der Waals surface area contributed by atoms with Gasteiger partial charge < -0.3 is 20.8 Å². The van der Waals surface area contributed by atoms with Crippen LogP contribution in [0.2, 0.25) is 0 Å². The Morgan fingerprint density at radius 3 is 1.34 bits per heavy atom. The van der Waals surface area contributed by atoms with Crippen molar-refractivity contribution < 1.29 is 10.2 Å². The minimum atomic E-state index is -0.0220. The molecule has 38 heavy (non-hydrogen) atoms. The first-order valence-electron chi connectivity index (χ1n) is 11.8. The van der Waals surface area contributed by atoms with E-state index in [0.29, 0.717) is 22.8 Å². The summed E-state index contributed by atoms with van der Waals surface area (Å²) in [7, 11) is 0. The second kappa shape index (κ2) is 9.82. The van der Waals surface area contributed by atoms with Gasteiger partial charge >= 0.3 is 0 Å². The summed E-state index contributed by atoms with van der Waals surface area (Å²) in [5.41, 5.74) is 4.75. The summed E-state index contributed by atoms with van der Waals surface area (Å²) in [5, 5.41) is 27.5. The maximum Gasteiger partial charge on any atom is 0.174 e. The Bertz CT molecular complexity index is 1570. The van der Waals surface area contributed by atoms with E-state index in [9.17, 15) is 10.2 Å². The van der Waals surface area contributed by atoms with E-state index >= 15 is 0 Å². The number of nitrogens with one attached hydrogen (secondary N) is 2. The summed E-state index contributed by atoms with van der Waals surface area (Å²) in [6.07, 6.45) is 8.01. The first-order chi connectivity index (χ1) is 18.7. The number of hydrogen-bond acceptors (Lipinski definition) is 9. The Kier molecular flexibility index (Phi) is 5.91. The van der Waals surface area contributed by atoms with Crippen LogP contribution < -0.4 is 10.6 Å². The predicted octanol–water partition coefficient (Wildman–Crippen LogP) is 6.00. The molecular weight excluding hydrogens is 478 g/mol. The molecular formula is C29H21N7O2. The van der Waals surface area contributed by atoms with Crippen molar-refractivity contribution in [2.24, 2.45) is 0 Å². The normalized spacial score (nSPS) is 10.8. The van der Waals surface area contributed by atoms with Crippen LogP contribution in [-0.4, -0.2) is 35.1 Å². The highest BCUT2D eigenvalue weighted by Crippen LogP contribution is 2.37. The van der Waals surface area contributed by atoms with E-state index in [0.717, 1.165) is 22.3 Å². The molecule has 2 aromatic heterocycles. The van der Waals surface area contributed by atoms with Crippen molar-refractivity contribution in [2.75, 3.05) is 10.6 Å². The molecule has 9 heteroatoms. The van der Waals surface area contributed by atoms with Crippen molar-refractivity contribution >= 4 is 23.3 Å². The fraction of sp³-hybridized carbons (Fsp3) is 0. The number of aromatic hydroxyl groups is 2. The van der Waals surface area contributed by atoms with Gasteiger partial charge in [-0.3, -0.25) is 4.98 Å². The molecule has 0 spiro atoms. The van der Waals surface area contributed by atoms with E-state index in [2.05, 4.69) is 35.6 Å². The third kappa shape index (κ3) is 4.51. The van der Waals surface area contributed by atoms with Crippen molar-refractivity contribution in [1.29, 1.82) is 0 Å². The number of pyridine rings is 2. The standard InChI is InChI=1S/C29H21N7O2/c37-24-11-20(18-7-3-1-4-8-18)13-31-28(24)35-26-22-15-30-16-23(22)27(34-17-33-26)36-29-25(38)12-21(14-32-29)19-9-5-2-6-10-19/h1-17,37-38H,(H2,31,32,33,34,35,36). The number of rotatable bonds is 6. The molecule has 6 rings (SSSR count). The van der Waals surface area contributed by atoms with E-state index < -0.39 is 0 Å². The Morgan fingerprint density at radius 1 is 0.474 bits per heavy atom. The average molecular weight is 500 g/mol. The van der Waals surface area contributed by atoms with E-state index in [1.54, 1.807) is 36.9 Å². The molecule has 2 aliphatic heterocycles. The zero-order valence-electron chi connectivity index (χ0n) is 19.9. The summed E-state index contributed by atoms with van der Waals surface area (Å²) >= 11 is 0. The van der Waals surface area contributed by atoms with Crippen LogP contribution in [-0.2, 0) is 0 Å². The topological polar surface area (TPSA) is 129 Å². The summed E-state index contributed by atoms with van der Waals surface area (Å²) < 4.78 is 0. The minimum absolute atomic E-state index is 0.0220. The second-order valence-corrected chi connectivity index (χ2v) is 8.47. The number of aromatic nitrogens is 5. The van der Waals surface area contributed by atoms with Gasteiger partial charge in [-0.15, -0.1) is 0 Å². The second-order valence-electron chi connectivity index (χ2n) is 8.47. The number of anilines is 4. The highest BCUT2D eigenvalue weighted by molar-refractivity contribution is 5.86. The molecule has 2 aromatic carbocycles. The zero-order chi connectivity index (χ0) is 25.9. The van der Waals surface area contributed by atoms with Crippen LogP contribution in [0.15, 0.2) is 104 Å². The van der Waals surface area contributed by atoms with Gasteiger partial charge in [0, 0.05) is 47.0 Å². The van der Waals surface area contributed by atoms with E-state index in [1.165, 1.54) is 6.33 Å². The van der Waals surface area contributed by atoms with Crippen LogP contribution in [0, 0.1) is 0 Å². The highest BCUT2D eigenvalue weighted by atomic mass is 16.3. The van der Waals surface area contributed by atoms with Gasteiger partial charge in [-0.2, -0.15) is 0 Å². The Morgan fingerprint density at radius 2 is 0.921 bits per heavy atom. The van der Waals surface area contributed by atoms with Crippen molar-refractivity contribution in [3.05, 3.63) is 104 Å². The molecule has 9 nitrogen and oxygen atoms in total. The summed E-state index contributed by atoms with van der Waals surface area (Å²) in [6.45, 7) is 0. The number of fused-ring (bicyclic) bond motifs is 1. The molecule has 4 aromatic rings. The Hall–Kier alpha value is -5.57. The van der Waals surface area contributed by atoms with Crippen LogP contribution in [0.25, 0.3) is 33.4 Å². The van der Waals surface area contributed by atoms with Gasteiger partial charge in [0.2, 0.25) is 0 Å². The van der Waals surface area contributed by atoms with Crippen LogP contribution in [0.1, 0.15) is 0 Å². The first-order valence-corrected chi connectivity index (χ1v) is 11.8. The maximum atomic E-state index is 10.7. The SMILES string of the molecule is Oc1cc(-c2ccccc2)cnc1Nc1ncnc(Nc2ncc(-c3ccccc3)cc2O)c2cncc1-2. The maximum absolute atomic E-state index is 10.7. The lowest BCUT2D eigenvalue weighted by molar-refractivity contribution is 0.475. The van der Waals surface area contributed by atoms with Gasteiger partial charge in [-0.25, -0.2) is 19.9 Å². The van der Waals surface area contributed by atoms with Crippen LogP contribution in [0.3, 0.4) is 0 Å². The van der Waals surface area contributed by atoms with E-state index in [4.69, 9.17) is 0 Å². The lowest BCUT2D eigenvalue weighted by Gasteiger charge is -2.11. The van der Waals surface area contributed by atoms with Crippen LogP contribution >= 0.6 is 0 Å². The zero-order valence-corrected chi connectivity index (χ0v) is 19.9. The van der Waals surface area contributed by atoms with Crippen LogP contribution in [0.5, 0.6) is 11.5 Å². The smallest absolute Gasteiger partial charge is 0.174 e. The highest BCUT2D eigenvalue weighted by Gasteiger charge is 2.18. The Balaban J connectivity index is 1.27. The van der Waals surface area contributed by atoms with Crippen molar-refractivity contribution in [3.63, 3.8) is 0 Å². The molecule has 0 atom stereocenters. The Labute approximate surface area is 217 Å². The van der Waals surface area contributed by atoms with Crippen LogP contribution in [0.4, 0.5) is 23.3 Å². The summed E-state index contributed by atoms with van der Waals surface area (Å²) in [6, 6.07) is 22.7. The van der Waals surface area contributed by atoms with E-state index in [1.807, 2.05) is 60.7 Å². The van der Waals surface area contributed by atoms with E-state index in [-0.39, 0.29) is 23.1 Å². The van der Waals surface area contributed by atoms with Gasteiger partial charge in [-0.1, -0.05) is 60.7 Å². The molecule has 0 saturated carbocycles. The lowest BCUT2D eigenvalue weighted by atomic mass is 10.1. The molecule has 0 fully saturated rings. The summed E-state index contributed by atoms with van der Waals surface area (Å²) in [5.74, 6) is 1.26. The van der Waals surface area contributed by atoms with Gasteiger partial charge in [0.1, 0.15) is 18.0 Å². The lowest BCUT2D eigenvalue weighted by Crippen LogP contribution is -1.98. The average Bonchev–Trinajstić information content (AvgIpc) is 3.38. The molecule has 2 aliphatic rings. The third-order valence-electron chi connectivity index (χ3n) is 6.00. The third-order valence-corrected chi connectivity index (χ3v) is 6.00. The van der Waals surface area contributed by atoms with Gasteiger partial charge in [0.15, 0.2) is 23.1 Å².